The number of aromatic nitrogens is 1. The van der Waals surface area contributed by atoms with Crippen molar-refractivity contribution in [1.82, 2.24) is 4.57 Å². The van der Waals surface area contributed by atoms with Gasteiger partial charge in [0.2, 0.25) is 0 Å². The average molecular weight is 441 g/mol. The predicted molar refractivity (Wildman–Crippen MR) is 143 cm³/mol. The number of hydrogen-bond donors (Lipinski definition) is 0. The molecule has 1 heterocycles. The number of aryl methyl sites for hydroxylation is 1. The molecule has 0 aliphatic rings. The summed E-state index contributed by atoms with van der Waals surface area (Å²) in [5, 5.41) is 3.59. The van der Waals surface area contributed by atoms with E-state index in [2.05, 4.69) is 127 Å². The lowest BCUT2D eigenvalue weighted by molar-refractivity contribution is 0.412. The van der Waals surface area contributed by atoms with E-state index in [4.69, 9.17) is 4.74 Å². The summed E-state index contributed by atoms with van der Waals surface area (Å²) in [6.07, 6.45) is 0. The van der Waals surface area contributed by atoms with E-state index in [0.717, 1.165) is 16.7 Å². The molecule has 2 heteroatoms. The van der Waals surface area contributed by atoms with Crippen molar-refractivity contribution in [3.63, 3.8) is 0 Å². The third-order valence-corrected chi connectivity index (χ3v) is 6.57. The minimum Gasteiger partial charge on any atom is -0.496 e. The van der Waals surface area contributed by atoms with Crippen LogP contribution in [0.25, 0.3) is 49.7 Å². The molecule has 0 atom stereocenters. The van der Waals surface area contributed by atoms with E-state index in [-0.39, 0.29) is 0 Å². The smallest absolute Gasteiger partial charge is 0.122 e. The number of rotatable bonds is 4. The van der Waals surface area contributed by atoms with Gasteiger partial charge in [-0.1, -0.05) is 78.9 Å². The highest BCUT2D eigenvalue weighted by Gasteiger charge is 2.17. The minimum absolute atomic E-state index is 0.907. The van der Waals surface area contributed by atoms with Crippen LogP contribution in [-0.2, 0) is 0 Å². The lowest BCUT2D eigenvalue weighted by Gasteiger charge is -2.18. The largest absolute Gasteiger partial charge is 0.496 e. The maximum Gasteiger partial charge on any atom is 0.122 e. The van der Waals surface area contributed by atoms with Gasteiger partial charge in [-0.3, -0.25) is 0 Å². The number of hydrogen-bond acceptors (Lipinski definition) is 1. The first-order valence-corrected chi connectivity index (χ1v) is 11.6. The first-order valence-electron chi connectivity index (χ1n) is 11.6. The second-order valence-electron chi connectivity index (χ2n) is 8.69. The summed E-state index contributed by atoms with van der Waals surface area (Å²) in [6.45, 7) is 2.11. The van der Waals surface area contributed by atoms with Crippen LogP contribution in [0.1, 0.15) is 5.56 Å². The van der Waals surface area contributed by atoms with Crippen molar-refractivity contribution in [3.8, 4) is 33.8 Å². The molecule has 1 aromatic heterocycles. The maximum absolute atomic E-state index is 5.69. The van der Waals surface area contributed by atoms with E-state index in [1.54, 1.807) is 7.11 Å². The molecule has 0 saturated heterocycles. The van der Waals surface area contributed by atoms with Gasteiger partial charge in [0.05, 0.1) is 24.0 Å². The van der Waals surface area contributed by atoms with E-state index < -0.39 is 0 Å². The number of methoxy groups -OCH3 is 1. The third kappa shape index (κ3) is 3.36. The van der Waals surface area contributed by atoms with Gasteiger partial charge in [-0.15, -0.1) is 0 Å². The molecule has 0 spiro atoms. The maximum atomic E-state index is 5.69. The van der Waals surface area contributed by atoms with Crippen molar-refractivity contribution in [2.75, 3.05) is 7.11 Å². The zero-order valence-electron chi connectivity index (χ0n) is 19.3. The number of fused-ring (bicyclic) bond motifs is 2. The number of ether oxygens (including phenoxy) is 1. The summed E-state index contributed by atoms with van der Waals surface area (Å²) in [5.74, 6) is 0.907. The number of nitrogens with zero attached hydrogens (tertiary/aromatic N) is 1. The van der Waals surface area contributed by atoms with E-state index >= 15 is 0 Å². The van der Waals surface area contributed by atoms with Crippen molar-refractivity contribution in [3.05, 3.63) is 121 Å². The summed E-state index contributed by atoms with van der Waals surface area (Å²) in [4.78, 5) is 0. The summed E-state index contributed by atoms with van der Waals surface area (Å²) < 4.78 is 8.09. The molecule has 0 amide bonds. The van der Waals surface area contributed by atoms with Crippen molar-refractivity contribution < 1.29 is 4.74 Å². The molecule has 0 unspecified atom stereocenters. The van der Waals surface area contributed by atoms with Gasteiger partial charge >= 0.3 is 0 Å². The van der Waals surface area contributed by atoms with Crippen molar-refractivity contribution in [2.24, 2.45) is 0 Å². The summed E-state index contributed by atoms with van der Waals surface area (Å²) >= 11 is 0. The Kier molecular flexibility index (Phi) is 4.92. The van der Waals surface area contributed by atoms with Crippen molar-refractivity contribution in [2.45, 2.75) is 6.92 Å². The third-order valence-electron chi connectivity index (χ3n) is 6.57. The molecule has 6 rings (SSSR count). The standard InChI is InChI=1S/C32H25NO/c1-22-17-28-27(21-32(22)34-2)18-26(23-11-5-3-6-12-23)20-31(28)33-29-16-10-9-15-25(29)19-30(33)24-13-7-4-8-14-24/h3-21H,1-2H3/i30+1. The van der Waals surface area contributed by atoms with Gasteiger partial charge in [-0.05, 0) is 71.0 Å². The van der Waals surface area contributed by atoms with Crippen LogP contribution in [0.2, 0.25) is 0 Å². The Morgan fingerprint density at radius 1 is 0.588 bits per heavy atom. The Morgan fingerprint density at radius 3 is 2.00 bits per heavy atom. The van der Waals surface area contributed by atoms with Crippen LogP contribution < -0.4 is 4.74 Å². The predicted octanol–water partition coefficient (Wildman–Crippen LogP) is 8.43. The first kappa shape index (κ1) is 20.3. The van der Waals surface area contributed by atoms with Gasteiger partial charge in [-0.25, -0.2) is 0 Å². The zero-order chi connectivity index (χ0) is 23.1. The highest BCUT2D eigenvalue weighted by atomic mass is 16.5. The molecular formula is C32H25NO. The Labute approximate surface area is 199 Å². The summed E-state index contributed by atoms with van der Waals surface area (Å²) in [5.41, 5.74) is 8.25. The van der Waals surface area contributed by atoms with E-state index in [1.165, 1.54) is 44.4 Å². The summed E-state index contributed by atoms with van der Waals surface area (Å²) in [6, 6.07) is 41.1. The molecule has 6 aromatic rings. The molecule has 0 aliphatic heterocycles. The van der Waals surface area contributed by atoms with Crippen molar-refractivity contribution >= 4 is 21.7 Å². The highest BCUT2D eigenvalue weighted by molar-refractivity contribution is 5.99. The van der Waals surface area contributed by atoms with E-state index in [9.17, 15) is 0 Å². The van der Waals surface area contributed by atoms with Crippen LogP contribution in [0.5, 0.6) is 5.75 Å². The minimum atomic E-state index is 0.907. The molecule has 5 aromatic carbocycles. The Balaban J connectivity index is 1.75. The van der Waals surface area contributed by atoms with Crippen molar-refractivity contribution in [1.29, 1.82) is 0 Å². The second-order valence-corrected chi connectivity index (χ2v) is 8.69. The molecule has 0 aliphatic carbocycles. The van der Waals surface area contributed by atoms with Crippen LogP contribution >= 0.6 is 0 Å². The summed E-state index contributed by atoms with van der Waals surface area (Å²) in [7, 11) is 1.74. The van der Waals surface area contributed by atoms with E-state index in [0.29, 0.717) is 0 Å². The Morgan fingerprint density at radius 2 is 1.26 bits per heavy atom. The molecule has 34 heavy (non-hydrogen) atoms. The number of benzene rings is 5. The lowest BCUT2D eigenvalue weighted by Crippen LogP contribution is -2.00. The topological polar surface area (TPSA) is 14.2 Å². The SMILES string of the molecule is COc1cc2cc(-c3ccccc3)cc(-n3c4ccccc4c[13c]3-c3ccccc3)c2cc1C. The second kappa shape index (κ2) is 8.24. The lowest BCUT2D eigenvalue weighted by atomic mass is 9.98. The Bertz CT molecular complexity index is 1630. The molecule has 0 fully saturated rings. The van der Waals surface area contributed by atoms with Gasteiger partial charge in [0.1, 0.15) is 5.75 Å². The quantitative estimate of drug-likeness (QED) is 0.268. The normalized spacial score (nSPS) is 11.2. The molecule has 164 valence electrons. The molecule has 0 radical (unpaired) electrons. The van der Waals surface area contributed by atoms with Gasteiger partial charge in [0.15, 0.2) is 0 Å². The van der Waals surface area contributed by atoms with Crippen LogP contribution in [0.15, 0.2) is 115 Å². The van der Waals surface area contributed by atoms with Crippen LogP contribution in [0.3, 0.4) is 0 Å². The Hall–Kier alpha value is -4.30. The van der Waals surface area contributed by atoms with E-state index in [1.807, 2.05) is 0 Å². The first-order chi connectivity index (χ1) is 16.7. The van der Waals surface area contributed by atoms with Gasteiger partial charge in [0.25, 0.3) is 0 Å². The molecule has 0 N–H and O–H groups in total. The van der Waals surface area contributed by atoms with Gasteiger partial charge in [0, 0.05) is 10.8 Å². The highest BCUT2D eigenvalue weighted by Crippen LogP contribution is 2.38. The average Bonchev–Trinajstić information content (AvgIpc) is 3.28. The molecule has 2 nitrogen and oxygen atoms in total. The van der Waals surface area contributed by atoms with Crippen LogP contribution in [0.4, 0.5) is 0 Å². The number of para-hydroxylation sites is 1. The molecule has 0 bridgehead atoms. The fourth-order valence-corrected chi connectivity index (χ4v) is 4.92. The van der Waals surface area contributed by atoms with Gasteiger partial charge in [-0.2, -0.15) is 0 Å². The molecule has 0 saturated carbocycles. The van der Waals surface area contributed by atoms with Gasteiger partial charge < -0.3 is 9.30 Å². The molecular weight excluding hydrogens is 415 g/mol. The zero-order valence-corrected chi connectivity index (χ0v) is 19.3. The monoisotopic (exact) mass is 440 g/mol. The fraction of sp³-hybridized carbons (Fsp3) is 0.0625. The van der Waals surface area contributed by atoms with Crippen LogP contribution in [-0.4, -0.2) is 11.7 Å². The van der Waals surface area contributed by atoms with Crippen LogP contribution in [0, 0.1) is 6.92 Å². The fourth-order valence-electron chi connectivity index (χ4n) is 4.92.